The van der Waals surface area contributed by atoms with Crippen LogP contribution in [-0.4, -0.2) is 21.1 Å². The van der Waals surface area contributed by atoms with Crippen molar-refractivity contribution in [3.8, 4) is 11.5 Å². The lowest BCUT2D eigenvalue weighted by Gasteiger charge is -2.15. The first-order chi connectivity index (χ1) is 11.0. The molecular weight excluding hydrogens is 314 g/mol. The Morgan fingerprint density at radius 1 is 1.17 bits per heavy atom. The molecule has 0 bridgehead atoms. The normalized spacial score (nSPS) is 13.5. The summed E-state index contributed by atoms with van der Waals surface area (Å²) in [5.41, 5.74) is 1.34. The van der Waals surface area contributed by atoms with Crippen LogP contribution in [0.15, 0.2) is 47.4 Å². The molecule has 6 heteroatoms. The van der Waals surface area contributed by atoms with Gasteiger partial charge in [-0.2, -0.15) is 0 Å². The molecule has 0 aliphatic carbocycles. The lowest BCUT2D eigenvalue weighted by molar-refractivity contribution is 0.244. The van der Waals surface area contributed by atoms with Gasteiger partial charge in [-0.05, 0) is 49.7 Å². The molecule has 0 aromatic heterocycles. The Bertz CT molecular complexity index is 815. The van der Waals surface area contributed by atoms with E-state index in [9.17, 15) is 8.42 Å². The summed E-state index contributed by atoms with van der Waals surface area (Å²) in [7, 11) is -3.68. The number of hydrogen-bond donors (Lipinski definition) is 1. The van der Waals surface area contributed by atoms with Crippen molar-refractivity contribution in [3.63, 3.8) is 0 Å². The van der Waals surface area contributed by atoms with Crippen LogP contribution in [0.25, 0.3) is 0 Å². The number of para-hydroxylation sites is 2. The van der Waals surface area contributed by atoms with Gasteiger partial charge < -0.3 is 9.47 Å². The van der Waals surface area contributed by atoms with Crippen molar-refractivity contribution >= 4 is 15.7 Å². The van der Waals surface area contributed by atoms with Gasteiger partial charge in [-0.1, -0.05) is 12.1 Å². The highest BCUT2D eigenvalue weighted by atomic mass is 32.2. The Kier molecular flexibility index (Phi) is 4.17. The fraction of sp³-hybridized carbons (Fsp3) is 0.294. The maximum atomic E-state index is 12.6. The molecule has 1 heterocycles. The van der Waals surface area contributed by atoms with Crippen LogP contribution in [0.2, 0.25) is 0 Å². The molecule has 5 nitrogen and oxygen atoms in total. The highest BCUT2D eigenvalue weighted by molar-refractivity contribution is 7.92. The number of sulfonamides is 1. The van der Waals surface area contributed by atoms with Gasteiger partial charge in [0.2, 0.25) is 0 Å². The Morgan fingerprint density at radius 2 is 1.96 bits per heavy atom. The van der Waals surface area contributed by atoms with Crippen LogP contribution in [0.4, 0.5) is 5.69 Å². The molecule has 0 atom stereocenters. The maximum absolute atomic E-state index is 12.6. The van der Waals surface area contributed by atoms with Gasteiger partial charge in [-0.3, -0.25) is 4.72 Å². The van der Waals surface area contributed by atoms with Gasteiger partial charge in [0.1, 0.15) is 11.5 Å². The van der Waals surface area contributed by atoms with Gasteiger partial charge in [-0.15, -0.1) is 0 Å². The summed E-state index contributed by atoms with van der Waals surface area (Å²) >= 11 is 0. The van der Waals surface area contributed by atoms with Crippen LogP contribution in [0.5, 0.6) is 11.5 Å². The number of rotatable bonds is 5. The molecule has 122 valence electrons. The van der Waals surface area contributed by atoms with Crippen molar-refractivity contribution in [1.82, 2.24) is 0 Å². The monoisotopic (exact) mass is 333 g/mol. The zero-order valence-electron chi connectivity index (χ0n) is 13.1. The van der Waals surface area contributed by atoms with Crippen LogP contribution in [0.3, 0.4) is 0 Å². The summed E-state index contributed by atoms with van der Waals surface area (Å²) in [6.07, 6.45) is 0.684. The van der Waals surface area contributed by atoms with E-state index in [1.165, 1.54) is 0 Å². The topological polar surface area (TPSA) is 64.6 Å². The molecule has 0 radical (unpaired) electrons. The quantitative estimate of drug-likeness (QED) is 0.912. The third-order valence-electron chi connectivity index (χ3n) is 3.47. The lowest BCUT2D eigenvalue weighted by atomic mass is 10.2. The average molecular weight is 333 g/mol. The van der Waals surface area contributed by atoms with Gasteiger partial charge in [0, 0.05) is 6.42 Å². The number of fused-ring (bicyclic) bond motifs is 1. The van der Waals surface area contributed by atoms with E-state index in [2.05, 4.69) is 4.72 Å². The molecule has 0 unspecified atom stereocenters. The molecule has 0 spiro atoms. The van der Waals surface area contributed by atoms with Crippen LogP contribution in [0, 0.1) is 0 Å². The standard InChI is InChI=1S/C17H19NO4S/c1-12(2)22-17-6-4-3-5-15(17)18-23(19,20)14-7-8-16-13(11-14)9-10-21-16/h3-8,11-12,18H,9-10H2,1-2H3. The minimum absolute atomic E-state index is 0.0437. The van der Waals surface area contributed by atoms with E-state index in [0.717, 1.165) is 17.7 Å². The third kappa shape index (κ3) is 3.42. The summed E-state index contributed by atoms with van der Waals surface area (Å²) in [5.74, 6) is 1.27. The second-order valence-electron chi connectivity index (χ2n) is 5.64. The van der Waals surface area contributed by atoms with Crippen LogP contribution in [0.1, 0.15) is 19.4 Å². The highest BCUT2D eigenvalue weighted by Crippen LogP contribution is 2.30. The second kappa shape index (κ2) is 6.12. The van der Waals surface area contributed by atoms with Crippen molar-refractivity contribution in [1.29, 1.82) is 0 Å². The molecule has 1 aliphatic rings. The van der Waals surface area contributed by atoms with Crippen molar-refractivity contribution in [3.05, 3.63) is 48.0 Å². The second-order valence-corrected chi connectivity index (χ2v) is 7.32. The van der Waals surface area contributed by atoms with Crippen molar-refractivity contribution in [2.24, 2.45) is 0 Å². The van der Waals surface area contributed by atoms with E-state index in [1.54, 1.807) is 36.4 Å². The Balaban J connectivity index is 1.90. The van der Waals surface area contributed by atoms with Gasteiger partial charge in [-0.25, -0.2) is 8.42 Å². The van der Waals surface area contributed by atoms with Gasteiger partial charge in [0.05, 0.1) is 23.3 Å². The summed E-state index contributed by atoms with van der Waals surface area (Å²) < 4.78 is 38.9. The molecule has 0 saturated heterocycles. The van der Waals surface area contributed by atoms with Crippen LogP contribution >= 0.6 is 0 Å². The number of nitrogens with one attached hydrogen (secondary N) is 1. The SMILES string of the molecule is CC(C)Oc1ccccc1NS(=O)(=O)c1ccc2c(c1)CCO2. The summed E-state index contributed by atoms with van der Waals surface area (Å²) in [6.45, 7) is 4.38. The first kappa shape index (κ1) is 15.7. The Morgan fingerprint density at radius 3 is 2.74 bits per heavy atom. The molecule has 1 aliphatic heterocycles. The van der Waals surface area contributed by atoms with E-state index >= 15 is 0 Å². The molecular formula is C17H19NO4S. The lowest BCUT2D eigenvalue weighted by Crippen LogP contribution is -2.15. The van der Waals surface area contributed by atoms with E-state index in [-0.39, 0.29) is 11.0 Å². The minimum atomic E-state index is -3.68. The zero-order chi connectivity index (χ0) is 16.4. The zero-order valence-corrected chi connectivity index (χ0v) is 13.9. The molecule has 1 N–H and O–H groups in total. The predicted octanol–water partition coefficient (Wildman–Crippen LogP) is 3.21. The fourth-order valence-electron chi connectivity index (χ4n) is 2.44. The van der Waals surface area contributed by atoms with Crippen molar-refractivity contribution in [2.75, 3.05) is 11.3 Å². The summed E-state index contributed by atoms with van der Waals surface area (Å²) in [6, 6.07) is 11.9. The number of hydrogen-bond acceptors (Lipinski definition) is 4. The third-order valence-corrected chi connectivity index (χ3v) is 4.83. The summed E-state index contributed by atoms with van der Waals surface area (Å²) in [5, 5.41) is 0. The molecule has 0 saturated carbocycles. The maximum Gasteiger partial charge on any atom is 0.262 e. The molecule has 0 fully saturated rings. The number of ether oxygens (including phenoxy) is 2. The van der Waals surface area contributed by atoms with Gasteiger partial charge in [0.25, 0.3) is 10.0 Å². The first-order valence-electron chi connectivity index (χ1n) is 7.50. The molecule has 2 aromatic rings. The minimum Gasteiger partial charge on any atom is -0.493 e. The van der Waals surface area contributed by atoms with Crippen molar-refractivity contribution in [2.45, 2.75) is 31.3 Å². The molecule has 2 aromatic carbocycles. The molecule has 3 rings (SSSR count). The molecule has 23 heavy (non-hydrogen) atoms. The van der Waals surface area contributed by atoms with Gasteiger partial charge >= 0.3 is 0 Å². The van der Waals surface area contributed by atoms with E-state index in [4.69, 9.17) is 9.47 Å². The Hall–Kier alpha value is -2.21. The first-order valence-corrected chi connectivity index (χ1v) is 8.98. The highest BCUT2D eigenvalue weighted by Gasteiger charge is 2.20. The van der Waals surface area contributed by atoms with E-state index < -0.39 is 10.0 Å². The smallest absolute Gasteiger partial charge is 0.262 e. The summed E-state index contributed by atoms with van der Waals surface area (Å²) in [4.78, 5) is 0.223. The van der Waals surface area contributed by atoms with Gasteiger partial charge in [0.15, 0.2) is 0 Å². The fourth-order valence-corrected chi connectivity index (χ4v) is 3.56. The van der Waals surface area contributed by atoms with Crippen LogP contribution < -0.4 is 14.2 Å². The Labute approximate surface area is 136 Å². The van der Waals surface area contributed by atoms with E-state index in [0.29, 0.717) is 18.0 Å². The van der Waals surface area contributed by atoms with E-state index in [1.807, 2.05) is 19.9 Å². The average Bonchev–Trinajstić information content (AvgIpc) is 2.96. The number of benzene rings is 2. The molecule has 0 amide bonds. The van der Waals surface area contributed by atoms with Crippen molar-refractivity contribution < 1.29 is 17.9 Å². The predicted molar refractivity (Wildman–Crippen MR) is 88.7 cm³/mol. The van der Waals surface area contributed by atoms with Crippen LogP contribution in [-0.2, 0) is 16.4 Å². The number of anilines is 1. The largest absolute Gasteiger partial charge is 0.493 e.